The summed E-state index contributed by atoms with van der Waals surface area (Å²) in [5.41, 5.74) is 2.96. The topological polar surface area (TPSA) is 122 Å². The molecule has 0 aliphatic carbocycles. The predicted octanol–water partition coefficient (Wildman–Crippen LogP) is 3.45. The van der Waals surface area contributed by atoms with Gasteiger partial charge in [0.15, 0.2) is 5.58 Å². The zero-order chi connectivity index (χ0) is 23.5. The molecule has 1 aliphatic heterocycles. The van der Waals surface area contributed by atoms with Crippen molar-refractivity contribution < 1.29 is 17.7 Å². The Balaban J connectivity index is 1.26. The maximum atomic E-state index is 12.7. The fraction of sp³-hybridized carbons (Fsp3) is 0.261. The lowest BCUT2D eigenvalue weighted by atomic mass is 10.2. The first-order valence-electron chi connectivity index (χ1n) is 10.8. The van der Waals surface area contributed by atoms with Crippen molar-refractivity contribution in [1.82, 2.24) is 15.1 Å². The number of fused-ring (bicyclic) bond motifs is 1. The van der Waals surface area contributed by atoms with Gasteiger partial charge in [0, 0.05) is 41.6 Å². The molecule has 0 radical (unpaired) electrons. The first-order chi connectivity index (χ1) is 16.4. The number of sulfonamides is 1. The molecule has 2 aromatic heterocycles. The zero-order valence-corrected chi connectivity index (χ0v) is 19.4. The Morgan fingerprint density at radius 1 is 1.00 bits per heavy atom. The molecule has 34 heavy (non-hydrogen) atoms. The molecule has 5 rings (SSSR count). The zero-order valence-electron chi connectivity index (χ0n) is 18.6. The van der Waals surface area contributed by atoms with Crippen molar-refractivity contribution in [2.75, 3.05) is 41.2 Å². The van der Waals surface area contributed by atoms with E-state index in [2.05, 4.69) is 30.1 Å². The molecule has 10 nitrogen and oxygen atoms in total. The molecule has 1 saturated heterocycles. The van der Waals surface area contributed by atoms with Crippen LogP contribution < -0.4 is 14.9 Å². The van der Waals surface area contributed by atoms with E-state index in [4.69, 9.17) is 9.26 Å². The molecule has 3 heterocycles. The fourth-order valence-electron chi connectivity index (χ4n) is 3.75. The summed E-state index contributed by atoms with van der Waals surface area (Å²) < 4.78 is 38.5. The first-order valence-corrected chi connectivity index (χ1v) is 12.5. The number of para-hydroxylation sites is 1. The Bertz CT molecular complexity index is 1400. The van der Waals surface area contributed by atoms with E-state index in [1.54, 1.807) is 36.4 Å². The maximum Gasteiger partial charge on any atom is 0.238 e. The molecule has 0 bridgehead atoms. The second-order valence-corrected chi connectivity index (χ2v) is 9.70. The molecule has 0 spiro atoms. The highest BCUT2D eigenvalue weighted by Crippen LogP contribution is 2.23. The van der Waals surface area contributed by atoms with Crippen LogP contribution in [0.15, 0.2) is 59.1 Å². The van der Waals surface area contributed by atoms with E-state index in [1.165, 1.54) is 0 Å². The lowest BCUT2D eigenvalue weighted by molar-refractivity contribution is 0.122. The molecule has 0 saturated carbocycles. The normalized spacial score (nSPS) is 14.3. The van der Waals surface area contributed by atoms with Crippen LogP contribution in [0.5, 0.6) is 0 Å². The Labute approximate surface area is 197 Å². The van der Waals surface area contributed by atoms with Gasteiger partial charge in [0.05, 0.1) is 13.2 Å². The van der Waals surface area contributed by atoms with Crippen molar-refractivity contribution >= 4 is 44.1 Å². The van der Waals surface area contributed by atoms with Crippen molar-refractivity contribution in [3.05, 3.63) is 66.0 Å². The molecule has 4 aromatic rings. The summed E-state index contributed by atoms with van der Waals surface area (Å²) in [4.78, 5) is 11.3. The molecule has 0 unspecified atom stereocenters. The predicted molar refractivity (Wildman–Crippen MR) is 130 cm³/mol. The number of ether oxygens (including phenoxy) is 1. The van der Waals surface area contributed by atoms with Crippen LogP contribution in [-0.2, 0) is 20.5 Å². The van der Waals surface area contributed by atoms with E-state index >= 15 is 0 Å². The maximum absolute atomic E-state index is 12.7. The summed E-state index contributed by atoms with van der Waals surface area (Å²) in [6.07, 6.45) is 0. The summed E-state index contributed by atoms with van der Waals surface area (Å²) in [6, 6.07) is 16.0. The number of rotatable bonds is 7. The van der Waals surface area contributed by atoms with Gasteiger partial charge in [0.25, 0.3) is 0 Å². The van der Waals surface area contributed by atoms with Crippen LogP contribution in [0.4, 0.5) is 23.1 Å². The van der Waals surface area contributed by atoms with Crippen LogP contribution in [-0.4, -0.2) is 49.8 Å². The van der Waals surface area contributed by atoms with E-state index < -0.39 is 10.0 Å². The smallest absolute Gasteiger partial charge is 0.238 e. The lowest BCUT2D eigenvalue weighted by Crippen LogP contribution is -2.36. The third kappa shape index (κ3) is 5.10. The van der Waals surface area contributed by atoms with Crippen LogP contribution in [0, 0.1) is 6.92 Å². The number of hydrogen-bond acceptors (Lipinski definition) is 9. The highest BCUT2D eigenvalue weighted by Gasteiger charge is 2.18. The van der Waals surface area contributed by atoms with Crippen LogP contribution in [0.25, 0.3) is 11.0 Å². The number of morpholine rings is 1. The van der Waals surface area contributed by atoms with Gasteiger partial charge in [-0.05, 0) is 43.3 Å². The van der Waals surface area contributed by atoms with E-state index in [0.29, 0.717) is 41.5 Å². The van der Waals surface area contributed by atoms with E-state index in [1.807, 2.05) is 25.1 Å². The third-order valence-electron chi connectivity index (χ3n) is 5.37. The molecule has 0 amide bonds. The summed E-state index contributed by atoms with van der Waals surface area (Å²) in [5.74, 6) is 1.04. The van der Waals surface area contributed by atoms with Gasteiger partial charge in [-0.25, -0.2) is 13.4 Å². The van der Waals surface area contributed by atoms with Crippen LogP contribution >= 0.6 is 0 Å². The molecule has 0 atom stereocenters. The molecule has 1 aliphatic rings. The summed E-state index contributed by atoms with van der Waals surface area (Å²) in [5, 5.41) is 7.78. The lowest BCUT2D eigenvalue weighted by Gasteiger charge is -2.28. The van der Waals surface area contributed by atoms with Gasteiger partial charge in [-0.2, -0.15) is 4.98 Å². The second-order valence-electron chi connectivity index (χ2n) is 7.98. The average Bonchev–Trinajstić information content (AvgIpc) is 3.22. The van der Waals surface area contributed by atoms with Gasteiger partial charge >= 0.3 is 0 Å². The summed E-state index contributed by atoms with van der Waals surface area (Å²) in [6.45, 7) is 4.85. The third-order valence-corrected chi connectivity index (χ3v) is 6.57. The fourth-order valence-corrected chi connectivity index (χ4v) is 4.89. The Morgan fingerprint density at radius 2 is 1.74 bits per heavy atom. The molecular formula is C23H24N6O4S. The largest absolute Gasteiger partial charge is 0.378 e. The molecule has 11 heteroatoms. The van der Waals surface area contributed by atoms with Gasteiger partial charge in [0.1, 0.15) is 17.3 Å². The minimum Gasteiger partial charge on any atom is -0.378 e. The summed E-state index contributed by atoms with van der Waals surface area (Å²) in [7, 11) is -3.68. The van der Waals surface area contributed by atoms with Crippen molar-refractivity contribution in [1.29, 1.82) is 0 Å². The molecule has 176 valence electrons. The highest BCUT2D eigenvalue weighted by molar-refractivity contribution is 7.91. The number of benzene rings is 2. The van der Waals surface area contributed by atoms with Crippen LogP contribution in [0.2, 0.25) is 0 Å². The van der Waals surface area contributed by atoms with E-state index in [9.17, 15) is 8.42 Å². The average molecular weight is 481 g/mol. The van der Waals surface area contributed by atoms with Gasteiger partial charge in [0.2, 0.25) is 16.0 Å². The Morgan fingerprint density at radius 3 is 2.53 bits per heavy atom. The molecule has 2 N–H and O–H groups in total. The molecule has 2 aromatic carbocycles. The van der Waals surface area contributed by atoms with Crippen LogP contribution in [0.1, 0.15) is 11.4 Å². The Hall–Kier alpha value is -3.70. The summed E-state index contributed by atoms with van der Waals surface area (Å²) >= 11 is 0. The minimum atomic E-state index is -3.68. The van der Waals surface area contributed by atoms with Crippen molar-refractivity contribution in [2.45, 2.75) is 12.7 Å². The van der Waals surface area contributed by atoms with Crippen molar-refractivity contribution in [2.24, 2.45) is 0 Å². The number of aromatic nitrogens is 3. The molecule has 1 fully saturated rings. The van der Waals surface area contributed by atoms with Crippen molar-refractivity contribution in [3.63, 3.8) is 0 Å². The quantitative estimate of drug-likeness (QED) is 0.409. The number of nitrogens with one attached hydrogen (secondary N) is 2. The van der Waals surface area contributed by atoms with Gasteiger partial charge in [-0.15, -0.1) is 0 Å². The number of nitrogens with zero attached hydrogens (tertiary/aromatic N) is 4. The Kier molecular flexibility index (Phi) is 6.03. The monoisotopic (exact) mass is 480 g/mol. The van der Waals surface area contributed by atoms with E-state index in [0.717, 1.165) is 30.3 Å². The number of aryl methyl sites for hydroxylation is 1. The van der Waals surface area contributed by atoms with Gasteiger partial charge in [-0.1, -0.05) is 17.3 Å². The highest BCUT2D eigenvalue weighted by atomic mass is 32.2. The van der Waals surface area contributed by atoms with Gasteiger partial charge in [-0.3, -0.25) is 4.72 Å². The number of hydrogen-bond donors (Lipinski definition) is 2. The first kappa shape index (κ1) is 22.1. The minimum absolute atomic E-state index is 0.286. The van der Waals surface area contributed by atoms with E-state index in [-0.39, 0.29) is 5.75 Å². The van der Waals surface area contributed by atoms with Crippen molar-refractivity contribution in [3.8, 4) is 0 Å². The van der Waals surface area contributed by atoms with Crippen LogP contribution in [0.3, 0.4) is 0 Å². The van der Waals surface area contributed by atoms with Gasteiger partial charge < -0.3 is 19.5 Å². The standard InChI is InChI=1S/C23H24N6O4S/c1-16-14-22(29-10-12-32-13-11-29)26-23(24-16)25-17-6-8-18(9-7-17)28-34(30,31)15-20-19-4-2-3-5-21(19)33-27-20/h2-9,14,28H,10-13,15H2,1H3,(H,24,25,26). The molecular weight excluding hydrogens is 456 g/mol. The second kappa shape index (κ2) is 9.27. The SMILES string of the molecule is Cc1cc(N2CCOCC2)nc(Nc2ccc(NS(=O)(=O)Cc3noc4ccccc34)cc2)n1. The number of anilines is 4.